The van der Waals surface area contributed by atoms with Crippen LogP contribution in [-0.2, 0) is 43.3 Å². The molecule has 12 heteroatoms. The van der Waals surface area contributed by atoms with E-state index in [4.69, 9.17) is 4.74 Å². The first-order chi connectivity index (χ1) is 24.4. The summed E-state index contributed by atoms with van der Waals surface area (Å²) in [5.41, 5.74) is 9.21. The Morgan fingerprint density at radius 1 is 1.20 bits per heavy atom. The summed E-state index contributed by atoms with van der Waals surface area (Å²) in [4.78, 5) is 59.8. The van der Waals surface area contributed by atoms with Gasteiger partial charge >= 0.3 is 5.97 Å². The number of fused-ring (bicyclic) bond motifs is 6. The maximum Gasteiger partial charge on any atom is 0.324 e. The fraction of sp³-hybridized carbons (Fsp3) is 0.462. The molecule has 3 amide bonds. The summed E-state index contributed by atoms with van der Waals surface area (Å²) in [7, 11) is 1.56. The van der Waals surface area contributed by atoms with Gasteiger partial charge in [0, 0.05) is 65.7 Å². The van der Waals surface area contributed by atoms with E-state index >= 15 is 0 Å². The van der Waals surface area contributed by atoms with Crippen LogP contribution in [0.4, 0.5) is 0 Å². The van der Waals surface area contributed by atoms with Gasteiger partial charge in [0.25, 0.3) is 5.91 Å². The third-order valence-electron chi connectivity index (χ3n) is 9.93. The molecule has 2 aliphatic heterocycles. The van der Waals surface area contributed by atoms with Crippen molar-refractivity contribution in [2.45, 2.75) is 85.0 Å². The standard InChI is InChI=1S/C39H48N6O5S/c1-7-44-33-13-12-25-17-29(33)30(35(44)26-10-8-14-40-20-26)19-39(4,5)22-50-38(49)31-11-9-15-45(42-31)37(48)32(18-28-16-27(25)21-51-28)41-36(47)34(24(2)3)43(6)23-46/h8,10,12-14,16-17,20-21,23-24,31-32,34,42H,7,9,11,15,18-19,22H2,1-6H3,(H,41,47)/t31-,32-,34?/m0/s1. The highest BCUT2D eigenvalue weighted by Crippen LogP contribution is 2.40. The minimum absolute atomic E-state index is 0.180. The normalized spacial score (nSPS) is 20.1. The Bertz CT molecular complexity index is 1920. The molecule has 1 aromatic carbocycles. The third kappa shape index (κ3) is 7.57. The number of ether oxygens (including phenoxy) is 1. The number of likely N-dealkylation sites (N-methyl/N-ethyl adjacent to an activating group) is 1. The van der Waals surface area contributed by atoms with Crippen LogP contribution < -0.4 is 10.7 Å². The molecule has 1 unspecified atom stereocenters. The average molecular weight is 713 g/mol. The quantitative estimate of drug-likeness (QED) is 0.199. The number of nitrogens with one attached hydrogen (secondary N) is 2. The van der Waals surface area contributed by atoms with Crippen molar-refractivity contribution in [2.75, 3.05) is 20.2 Å². The Hall–Kier alpha value is -4.55. The van der Waals surface area contributed by atoms with Crippen LogP contribution in [0.1, 0.15) is 57.9 Å². The maximum absolute atomic E-state index is 14.2. The number of rotatable bonds is 7. The van der Waals surface area contributed by atoms with Crippen LogP contribution in [0.3, 0.4) is 0 Å². The van der Waals surface area contributed by atoms with Gasteiger partial charge in [0.2, 0.25) is 12.3 Å². The topological polar surface area (TPSA) is 126 Å². The van der Waals surface area contributed by atoms with Gasteiger partial charge in [0.1, 0.15) is 18.1 Å². The molecule has 2 aliphatic rings. The summed E-state index contributed by atoms with van der Waals surface area (Å²) in [6, 6.07) is 10.3. The molecule has 0 saturated carbocycles. The monoisotopic (exact) mass is 712 g/mol. The van der Waals surface area contributed by atoms with Crippen molar-refractivity contribution < 1.29 is 23.9 Å². The molecule has 51 heavy (non-hydrogen) atoms. The number of cyclic esters (lactones) is 1. The number of amides is 3. The minimum atomic E-state index is -0.930. The zero-order valence-electron chi connectivity index (χ0n) is 30.3. The number of hydrogen-bond donors (Lipinski definition) is 2. The van der Waals surface area contributed by atoms with Crippen LogP contribution >= 0.6 is 11.3 Å². The lowest BCUT2D eigenvalue weighted by Gasteiger charge is -2.36. The van der Waals surface area contributed by atoms with Gasteiger partial charge in [-0.3, -0.25) is 29.2 Å². The first-order valence-corrected chi connectivity index (χ1v) is 18.6. The first-order valence-electron chi connectivity index (χ1n) is 17.8. The van der Waals surface area contributed by atoms with Gasteiger partial charge in [0.15, 0.2) is 0 Å². The second-order valence-corrected chi connectivity index (χ2v) is 15.8. The minimum Gasteiger partial charge on any atom is -0.464 e. The third-order valence-corrected chi connectivity index (χ3v) is 10.9. The molecule has 11 nitrogen and oxygen atoms in total. The average Bonchev–Trinajstić information content (AvgIpc) is 3.71. The molecule has 3 atom stereocenters. The Kier molecular flexibility index (Phi) is 10.6. The number of esters is 1. The molecule has 3 aromatic heterocycles. The van der Waals surface area contributed by atoms with E-state index in [1.54, 1.807) is 13.2 Å². The van der Waals surface area contributed by atoms with E-state index in [9.17, 15) is 19.2 Å². The Balaban J connectivity index is 1.45. The number of carbonyl (C=O) groups is 4. The molecule has 270 valence electrons. The molecular weight excluding hydrogens is 665 g/mol. The van der Waals surface area contributed by atoms with Crippen LogP contribution in [0.15, 0.2) is 54.2 Å². The van der Waals surface area contributed by atoms with E-state index in [-0.39, 0.29) is 24.9 Å². The van der Waals surface area contributed by atoms with Gasteiger partial charge in [-0.05, 0) is 84.5 Å². The fourth-order valence-electron chi connectivity index (χ4n) is 7.46. The number of aromatic nitrogens is 2. The van der Waals surface area contributed by atoms with Crippen LogP contribution in [-0.4, -0.2) is 82.0 Å². The lowest BCUT2D eigenvalue weighted by atomic mass is 9.84. The molecule has 1 saturated heterocycles. The van der Waals surface area contributed by atoms with Gasteiger partial charge in [-0.1, -0.05) is 33.8 Å². The van der Waals surface area contributed by atoms with Crippen molar-refractivity contribution >= 4 is 46.4 Å². The SMILES string of the molecule is CCn1c(-c2cccnc2)c2c3cc(ccc31)-c1csc(c1)C[C@H](NC(=O)C(C(C)C)N(C)C=O)C(=O)N1CCC[C@H](N1)C(=O)OCC(C)(C)C2. The number of hydrazine groups is 1. The highest BCUT2D eigenvalue weighted by Gasteiger charge is 2.37. The Morgan fingerprint density at radius 2 is 2.00 bits per heavy atom. The number of aryl methyl sites for hydroxylation is 1. The zero-order valence-corrected chi connectivity index (χ0v) is 31.1. The summed E-state index contributed by atoms with van der Waals surface area (Å²) < 4.78 is 8.33. The molecule has 1 fully saturated rings. The van der Waals surface area contributed by atoms with E-state index in [0.29, 0.717) is 32.2 Å². The summed E-state index contributed by atoms with van der Waals surface area (Å²) in [6.45, 7) is 11.4. The van der Waals surface area contributed by atoms with Crippen molar-refractivity contribution in [3.05, 3.63) is 64.6 Å². The smallest absolute Gasteiger partial charge is 0.324 e. The first kappa shape index (κ1) is 36.2. The molecule has 2 N–H and O–H groups in total. The molecule has 0 aliphatic carbocycles. The van der Waals surface area contributed by atoms with E-state index < -0.39 is 35.4 Å². The van der Waals surface area contributed by atoms with Gasteiger partial charge < -0.3 is 19.5 Å². The summed E-state index contributed by atoms with van der Waals surface area (Å²) in [5.74, 6) is -1.35. The van der Waals surface area contributed by atoms with E-state index in [1.165, 1.54) is 26.8 Å². The number of nitrogens with zero attached hydrogens (tertiary/aromatic N) is 4. The molecule has 0 spiro atoms. The maximum atomic E-state index is 14.2. The fourth-order valence-corrected chi connectivity index (χ4v) is 8.41. The number of hydrogen-bond acceptors (Lipinski definition) is 8. The molecular formula is C39H48N6O5S. The van der Waals surface area contributed by atoms with Gasteiger partial charge in [-0.2, -0.15) is 0 Å². The van der Waals surface area contributed by atoms with Crippen molar-refractivity contribution in [1.82, 2.24) is 30.2 Å². The van der Waals surface area contributed by atoms with Crippen LogP contribution in [0.5, 0.6) is 0 Å². The van der Waals surface area contributed by atoms with Crippen molar-refractivity contribution in [3.8, 4) is 22.4 Å². The van der Waals surface area contributed by atoms with E-state index in [1.807, 2.05) is 26.1 Å². The van der Waals surface area contributed by atoms with Crippen molar-refractivity contribution in [3.63, 3.8) is 0 Å². The summed E-state index contributed by atoms with van der Waals surface area (Å²) >= 11 is 1.54. The lowest BCUT2D eigenvalue weighted by Crippen LogP contribution is -2.61. The van der Waals surface area contributed by atoms with E-state index in [0.717, 1.165) is 44.7 Å². The molecule has 5 heterocycles. The number of pyridine rings is 1. The Labute approximate surface area is 303 Å². The summed E-state index contributed by atoms with van der Waals surface area (Å²) in [5, 5.41) is 7.64. The van der Waals surface area contributed by atoms with Gasteiger partial charge in [0.05, 0.1) is 12.3 Å². The number of carbonyl (C=O) groups excluding carboxylic acids is 4. The van der Waals surface area contributed by atoms with Crippen LogP contribution in [0.2, 0.25) is 0 Å². The zero-order chi connectivity index (χ0) is 36.4. The predicted octanol–water partition coefficient (Wildman–Crippen LogP) is 5.21. The van der Waals surface area contributed by atoms with Gasteiger partial charge in [-0.15, -0.1) is 11.3 Å². The molecule has 4 aromatic rings. The highest BCUT2D eigenvalue weighted by molar-refractivity contribution is 7.10. The largest absolute Gasteiger partial charge is 0.464 e. The summed E-state index contributed by atoms with van der Waals surface area (Å²) in [6.07, 6.45) is 6.33. The van der Waals surface area contributed by atoms with Crippen molar-refractivity contribution in [1.29, 1.82) is 0 Å². The van der Waals surface area contributed by atoms with Gasteiger partial charge in [-0.25, -0.2) is 5.43 Å². The highest BCUT2D eigenvalue weighted by atomic mass is 32.1. The van der Waals surface area contributed by atoms with Crippen LogP contribution in [0, 0.1) is 11.3 Å². The number of thiophene rings is 1. The predicted molar refractivity (Wildman–Crippen MR) is 199 cm³/mol. The molecule has 6 bridgehead atoms. The molecule has 0 radical (unpaired) electrons. The number of benzene rings is 1. The second kappa shape index (κ2) is 15.0. The van der Waals surface area contributed by atoms with E-state index in [2.05, 4.69) is 76.8 Å². The molecule has 6 rings (SSSR count). The van der Waals surface area contributed by atoms with Crippen molar-refractivity contribution in [2.24, 2.45) is 11.3 Å². The second-order valence-electron chi connectivity index (χ2n) is 14.8. The van der Waals surface area contributed by atoms with Crippen LogP contribution in [0.25, 0.3) is 33.3 Å². The lowest BCUT2D eigenvalue weighted by molar-refractivity contribution is -0.155. The Morgan fingerprint density at radius 3 is 2.71 bits per heavy atom.